The number of anilines is 1. The maximum absolute atomic E-state index is 13.7. The van der Waals surface area contributed by atoms with E-state index in [0.717, 1.165) is 11.1 Å². The molecule has 0 bridgehead atoms. The molecule has 5 heteroatoms. The van der Waals surface area contributed by atoms with Crippen LogP contribution in [0.1, 0.15) is 26.3 Å². The van der Waals surface area contributed by atoms with Crippen LogP contribution in [0.2, 0.25) is 5.02 Å². The fourth-order valence-electron chi connectivity index (χ4n) is 1.30. The first-order valence-corrected chi connectivity index (χ1v) is 5.57. The lowest BCUT2D eigenvalue weighted by Gasteiger charge is -2.26. The first-order valence-electron chi connectivity index (χ1n) is 5.19. The smallest absolute Gasteiger partial charge is 0.246 e. The van der Waals surface area contributed by atoms with E-state index < -0.39 is 11.2 Å². The molecular formula is C12H16ClFN2O. The summed E-state index contributed by atoms with van der Waals surface area (Å²) in [5.41, 5.74) is 0.0291. The van der Waals surface area contributed by atoms with Crippen LogP contribution in [0.5, 0.6) is 0 Å². The molecule has 0 heterocycles. The van der Waals surface area contributed by atoms with Crippen LogP contribution in [0.25, 0.3) is 0 Å². The molecule has 94 valence electrons. The maximum atomic E-state index is 13.7. The zero-order valence-corrected chi connectivity index (χ0v) is 11.1. The molecule has 1 amide bonds. The first-order chi connectivity index (χ1) is 7.64. The average Bonchev–Trinajstić information content (AvgIpc) is 2.20. The van der Waals surface area contributed by atoms with Crippen molar-refractivity contribution in [2.75, 3.05) is 5.01 Å². The molecule has 0 aliphatic carbocycles. The van der Waals surface area contributed by atoms with Crippen molar-refractivity contribution in [2.45, 2.75) is 27.7 Å². The van der Waals surface area contributed by atoms with Gasteiger partial charge in [-0.2, -0.15) is 0 Å². The minimum atomic E-state index is -0.672. The van der Waals surface area contributed by atoms with Crippen molar-refractivity contribution in [1.82, 2.24) is 0 Å². The number of nitrogens with two attached hydrogens (primary N) is 1. The molecule has 0 atom stereocenters. The van der Waals surface area contributed by atoms with E-state index in [1.165, 1.54) is 6.07 Å². The third-order valence-corrected chi connectivity index (χ3v) is 2.76. The monoisotopic (exact) mass is 258 g/mol. The van der Waals surface area contributed by atoms with E-state index in [4.69, 9.17) is 17.4 Å². The summed E-state index contributed by atoms with van der Waals surface area (Å²) in [4.78, 5) is 11.9. The van der Waals surface area contributed by atoms with Crippen molar-refractivity contribution in [1.29, 1.82) is 0 Å². The summed E-state index contributed by atoms with van der Waals surface area (Å²) < 4.78 is 13.7. The quantitative estimate of drug-likeness (QED) is 0.478. The average molecular weight is 259 g/mol. The maximum Gasteiger partial charge on any atom is 0.246 e. The third kappa shape index (κ3) is 2.96. The van der Waals surface area contributed by atoms with Crippen LogP contribution in [0.15, 0.2) is 12.1 Å². The Morgan fingerprint density at radius 1 is 1.41 bits per heavy atom. The van der Waals surface area contributed by atoms with Crippen molar-refractivity contribution in [3.05, 3.63) is 28.5 Å². The highest BCUT2D eigenvalue weighted by Crippen LogP contribution is 2.27. The summed E-state index contributed by atoms with van der Waals surface area (Å²) in [7, 11) is 0. The van der Waals surface area contributed by atoms with Gasteiger partial charge < -0.3 is 0 Å². The second kappa shape index (κ2) is 4.63. The number of carbonyl (C=O) groups is 1. The molecule has 2 N–H and O–H groups in total. The number of amides is 1. The lowest BCUT2D eigenvalue weighted by Crippen LogP contribution is -2.45. The van der Waals surface area contributed by atoms with Gasteiger partial charge in [0.15, 0.2) is 0 Å². The molecule has 17 heavy (non-hydrogen) atoms. The highest BCUT2D eigenvalue weighted by Gasteiger charge is 2.28. The first kappa shape index (κ1) is 13.9. The summed E-state index contributed by atoms with van der Waals surface area (Å²) in [5.74, 6) is 4.67. The Kier molecular flexibility index (Phi) is 3.79. The molecule has 0 spiro atoms. The number of benzene rings is 1. The van der Waals surface area contributed by atoms with Crippen molar-refractivity contribution in [2.24, 2.45) is 11.3 Å². The molecule has 0 aliphatic rings. The van der Waals surface area contributed by atoms with Gasteiger partial charge in [-0.1, -0.05) is 32.4 Å². The number of nitrogens with zero attached hydrogens (tertiary/aromatic N) is 1. The van der Waals surface area contributed by atoms with Gasteiger partial charge in [0.1, 0.15) is 5.82 Å². The van der Waals surface area contributed by atoms with E-state index >= 15 is 0 Å². The van der Waals surface area contributed by atoms with E-state index in [9.17, 15) is 9.18 Å². The molecule has 0 fully saturated rings. The van der Waals surface area contributed by atoms with Crippen LogP contribution in [0, 0.1) is 18.2 Å². The number of hydrogen-bond acceptors (Lipinski definition) is 2. The molecule has 0 saturated heterocycles. The largest absolute Gasteiger partial charge is 0.272 e. The Morgan fingerprint density at radius 3 is 2.41 bits per heavy atom. The minimum absolute atomic E-state index is 0.0341. The minimum Gasteiger partial charge on any atom is -0.272 e. The second-order valence-corrected chi connectivity index (χ2v) is 5.39. The molecule has 0 aliphatic heterocycles. The van der Waals surface area contributed by atoms with Gasteiger partial charge >= 0.3 is 0 Å². The Bertz CT molecular complexity index is 455. The highest BCUT2D eigenvalue weighted by molar-refractivity contribution is 6.31. The lowest BCUT2D eigenvalue weighted by atomic mass is 9.95. The normalized spacial score (nSPS) is 11.5. The molecule has 0 radical (unpaired) electrons. The van der Waals surface area contributed by atoms with Gasteiger partial charge in [-0.15, -0.1) is 0 Å². The van der Waals surface area contributed by atoms with Gasteiger partial charge in [0.05, 0.1) is 5.69 Å². The lowest BCUT2D eigenvalue weighted by molar-refractivity contribution is -0.125. The molecule has 1 aromatic rings. The van der Waals surface area contributed by atoms with E-state index in [0.29, 0.717) is 10.6 Å². The van der Waals surface area contributed by atoms with Crippen molar-refractivity contribution >= 4 is 23.2 Å². The Balaban J connectivity index is 3.17. The Morgan fingerprint density at radius 2 is 1.94 bits per heavy atom. The van der Waals surface area contributed by atoms with Crippen LogP contribution in [-0.2, 0) is 4.79 Å². The van der Waals surface area contributed by atoms with Crippen molar-refractivity contribution in [3.8, 4) is 0 Å². The standard InChI is InChI=1S/C12H16ClFN2O/c1-7-5-10(9(14)6-8(7)13)16(15)11(17)12(2,3)4/h5-6H,15H2,1-4H3. The van der Waals surface area contributed by atoms with Crippen LogP contribution >= 0.6 is 11.6 Å². The third-order valence-electron chi connectivity index (χ3n) is 2.35. The molecule has 0 unspecified atom stereocenters. The van der Waals surface area contributed by atoms with Crippen molar-refractivity contribution < 1.29 is 9.18 Å². The van der Waals surface area contributed by atoms with Crippen LogP contribution < -0.4 is 10.9 Å². The summed E-state index contributed by atoms with van der Waals surface area (Å²) in [6.07, 6.45) is 0. The summed E-state index contributed by atoms with van der Waals surface area (Å²) in [6.45, 7) is 6.88. The van der Waals surface area contributed by atoms with Crippen LogP contribution in [0.4, 0.5) is 10.1 Å². The second-order valence-electron chi connectivity index (χ2n) is 4.98. The van der Waals surface area contributed by atoms with Gasteiger partial charge in [-0.3, -0.25) is 4.79 Å². The van der Waals surface area contributed by atoms with Gasteiger partial charge in [0.2, 0.25) is 5.91 Å². The van der Waals surface area contributed by atoms with Gasteiger partial charge in [0.25, 0.3) is 0 Å². The van der Waals surface area contributed by atoms with E-state index in [1.54, 1.807) is 27.7 Å². The molecular weight excluding hydrogens is 243 g/mol. The summed E-state index contributed by atoms with van der Waals surface area (Å²) in [5, 5.41) is 1.14. The predicted molar refractivity (Wildman–Crippen MR) is 67.3 cm³/mol. The zero-order chi connectivity index (χ0) is 13.4. The number of halogens is 2. The molecule has 1 rings (SSSR count). The molecule has 0 saturated carbocycles. The van der Waals surface area contributed by atoms with Gasteiger partial charge in [-0.05, 0) is 24.6 Å². The van der Waals surface area contributed by atoms with E-state index in [-0.39, 0.29) is 11.6 Å². The predicted octanol–water partition coefficient (Wildman–Crippen LogP) is 3.04. The topological polar surface area (TPSA) is 46.3 Å². The summed E-state index contributed by atoms with van der Waals surface area (Å²) in [6, 6.07) is 2.61. The zero-order valence-electron chi connectivity index (χ0n) is 10.3. The highest BCUT2D eigenvalue weighted by atomic mass is 35.5. The Hall–Kier alpha value is -1.13. The van der Waals surface area contributed by atoms with Gasteiger partial charge in [-0.25, -0.2) is 15.2 Å². The van der Waals surface area contributed by atoms with Crippen LogP contribution in [0.3, 0.4) is 0 Å². The van der Waals surface area contributed by atoms with E-state index in [2.05, 4.69) is 0 Å². The number of carbonyl (C=O) groups excluding carboxylic acids is 1. The molecule has 3 nitrogen and oxygen atoms in total. The van der Waals surface area contributed by atoms with Crippen LogP contribution in [-0.4, -0.2) is 5.91 Å². The number of aryl methyl sites for hydroxylation is 1. The summed E-state index contributed by atoms with van der Waals surface area (Å²) >= 11 is 5.78. The van der Waals surface area contributed by atoms with Crippen molar-refractivity contribution in [3.63, 3.8) is 0 Å². The SMILES string of the molecule is Cc1cc(N(N)C(=O)C(C)(C)C)c(F)cc1Cl. The fourth-order valence-corrected chi connectivity index (χ4v) is 1.45. The van der Waals surface area contributed by atoms with Gasteiger partial charge in [0, 0.05) is 10.4 Å². The number of rotatable bonds is 1. The fraction of sp³-hybridized carbons (Fsp3) is 0.417. The molecule has 1 aromatic carbocycles. The molecule has 0 aromatic heterocycles. The Labute approximate surface area is 105 Å². The van der Waals surface area contributed by atoms with E-state index in [1.807, 2.05) is 0 Å². The number of hydrogen-bond donors (Lipinski definition) is 1. The number of hydrazine groups is 1.